The molecule has 3 amide bonds. The van der Waals surface area contributed by atoms with Gasteiger partial charge in [-0.05, 0) is 53.6 Å². The van der Waals surface area contributed by atoms with Gasteiger partial charge in [-0.3, -0.25) is 9.59 Å². The van der Waals surface area contributed by atoms with Gasteiger partial charge in [0, 0.05) is 19.5 Å². The Morgan fingerprint density at radius 3 is 2.04 bits per heavy atom. The lowest BCUT2D eigenvalue weighted by molar-refractivity contribution is -0.147. The predicted molar refractivity (Wildman–Crippen MR) is 203 cm³/mol. The Labute approximate surface area is 315 Å². The number of benzene rings is 4. The number of rotatable bonds is 14. The molecule has 11 nitrogen and oxygen atoms in total. The topological polar surface area (TPSA) is 144 Å². The molecule has 4 aromatic rings. The van der Waals surface area contributed by atoms with Crippen molar-refractivity contribution < 1.29 is 38.5 Å². The summed E-state index contributed by atoms with van der Waals surface area (Å²) in [4.78, 5) is 55.1. The highest BCUT2D eigenvalue weighted by Gasteiger charge is 2.29. The van der Waals surface area contributed by atoms with Gasteiger partial charge in [0.05, 0.1) is 18.6 Å². The molecule has 5 rings (SSSR count). The van der Waals surface area contributed by atoms with Crippen LogP contribution in [-0.4, -0.2) is 65.7 Å². The minimum atomic E-state index is -1.05. The lowest BCUT2D eigenvalue weighted by Crippen LogP contribution is -2.47. The molecule has 1 heterocycles. The van der Waals surface area contributed by atoms with Crippen LogP contribution in [-0.2, 0) is 50.0 Å². The van der Waals surface area contributed by atoms with E-state index in [0.29, 0.717) is 25.3 Å². The smallest absolute Gasteiger partial charge is 0.408 e. The highest BCUT2D eigenvalue weighted by atomic mass is 16.6. The number of alkyl carbamates (subject to hydrolysis) is 1. The number of aliphatic hydroxyl groups is 1. The largest absolute Gasteiger partial charge is 0.489 e. The van der Waals surface area contributed by atoms with Crippen molar-refractivity contribution in [1.29, 1.82) is 0 Å². The summed E-state index contributed by atoms with van der Waals surface area (Å²) in [5.41, 5.74) is 3.60. The van der Waals surface area contributed by atoms with Crippen molar-refractivity contribution in [3.8, 4) is 5.75 Å². The Morgan fingerprint density at radius 1 is 0.778 bits per heavy atom. The van der Waals surface area contributed by atoms with Gasteiger partial charge in [-0.1, -0.05) is 115 Å². The second-order valence-electron chi connectivity index (χ2n) is 13.1. The van der Waals surface area contributed by atoms with E-state index in [4.69, 9.17) is 14.2 Å². The second kappa shape index (κ2) is 20.9. The molecule has 0 aromatic heterocycles. The molecule has 3 unspecified atom stereocenters. The highest BCUT2D eigenvalue weighted by molar-refractivity contribution is 5.86. The summed E-state index contributed by atoms with van der Waals surface area (Å²) in [5, 5.41) is 15.4. The number of esters is 1. The van der Waals surface area contributed by atoms with E-state index in [-0.39, 0.29) is 57.4 Å². The molecule has 0 bridgehead atoms. The van der Waals surface area contributed by atoms with E-state index in [2.05, 4.69) is 10.6 Å². The number of hydrogen-bond acceptors (Lipinski definition) is 8. The molecule has 3 N–H and O–H groups in total. The fraction of sp³-hybridized carbons (Fsp3) is 0.302. The van der Waals surface area contributed by atoms with Gasteiger partial charge in [-0.25, -0.2) is 9.59 Å². The summed E-state index contributed by atoms with van der Waals surface area (Å²) in [6.07, 6.45) is 3.15. The molecule has 1 aliphatic heterocycles. The van der Waals surface area contributed by atoms with Crippen LogP contribution < -0.4 is 15.4 Å². The van der Waals surface area contributed by atoms with Crippen molar-refractivity contribution in [1.82, 2.24) is 15.5 Å². The molecular formula is C43H47N3O8. The van der Waals surface area contributed by atoms with Crippen LogP contribution in [0.4, 0.5) is 4.79 Å². The number of carbonyl (C=O) groups excluding carboxylic acids is 4. The van der Waals surface area contributed by atoms with Crippen LogP contribution in [0.15, 0.2) is 127 Å². The maximum atomic E-state index is 13.9. The number of allylic oxidation sites excluding steroid dienone is 1. The number of carbonyl (C=O) groups is 4. The number of ether oxygens (including phenoxy) is 3. The van der Waals surface area contributed by atoms with Gasteiger partial charge in [0.1, 0.15) is 31.6 Å². The molecule has 0 aliphatic carbocycles. The third-order valence-electron chi connectivity index (χ3n) is 8.91. The molecule has 0 radical (unpaired) electrons. The van der Waals surface area contributed by atoms with Crippen molar-refractivity contribution in [3.63, 3.8) is 0 Å². The first kappa shape index (κ1) is 39.3. The van der Waals surface area contributed by atoms with E-state index >= 15 is 0 Å². The van der Waals surface area contributed by atoms with Gasteiger partial charge in [-0.15, -0.1) is 0 Å². The Balaban J connectivity index is 1.29. The fourth-order valence-corrected chi connectivity index (χ4v) is 5.95. The summed E-state index contributed by atoms with van der Waals surface area (Å²) in [5.74, 6) is -1.38. The first-order valence-corrected chi connectivity index (χ1v) is 18.1. The molecule has 11 heteroatoms. The monoisotopic (exact) mass is 733 g/mol. The zero-order chi connectivity index (χ0) is 38.0. The molecule has 4 aromatic carbocycles. The third-order valence-corrected chi connectivity index (χ3v) is 8.91. The third kappa shape index (κ3) is 12.9. The Kier molecular flexibility index (Phi) is 15.2. The molecule has 0 saturated carbocycles. The van der Waals surface area contributed by atoms with E-state index in [1.165, 1.54) is 0 Å². The van der Waals surface area contributed by atoms with E-state index in [0.717, 1.165) is 22.3 Å². The van der Waals surface area contributed by atoms with Gasteiger partial charge in [0.25, 0.3) is 0 Å². The van der Waals surface area contributed by atoms with Crippen molar-refractivity contribution in [2.24, 2.45) is 5.92 Å². The lowest BCUT2D eigenvalue weighted by Gasteiger charge is -2.27. The van der Waals surface area contributed by atoms with Crippen molar-refractivity contribution in [3.05, 3.63) is 150 Å². The van der Waals surface area contributed by atoms with E-state index in [9.17, 15) is 24.3 Å². The van der Waals surface area contributed by atoms with Crippen LogP contribution in [0.2, 0.25) is 0 Å². The Morgan fingerprint density at radius 2 is 1.39 bits per heavy atom. The van der Waals surface area contributed by atoms with Crippen LogP contribution >= 0.6 is 0 Å². The van der Waals surface area contributed by atoms with Crippen LogP contribution in [0.25, 0.3) is 0 Å². The Bertz CT molecular complexity index is 1800. The molecule has 282 valence electrons. The first-order valence-electron chi connectivity index (χ1n) is 18.1. The summed E-state index contributed by atoms with van der Waals surface area (Å²) in [6.45, 7) is 0.461. The van der Waals surface area contributed by atoms with E-state index in [1.54, 1.807) is 17.1 Å². The standard InChI is InChI=1S/C43H47N3O8/c47-25-24-46(28-33-12-4-1-5-13-33)40(48)27-36-18-10-11-19-39(45-43(51)54-30-35-16-8-3-9-17-35)42(50)53-31-37(44-41(36)49)26-32-20-22-38(23-21-32)52-29-34-14-6-2-7-15-34/h1-17,20-23,36-37,39,47H,18-19,24-31H2,(H,44,49)(H,45,51). The zero-order valence-corrected chi connectivity index (χ0v) is 30.2. The second-order valence-corrected chi connectivity index (χ2v) is 13.1. The minimum absolute atomic E-state index is 0.0295. The van der Waals surface area contributed by atoms with Gasteiger partial charge >= 0.3 is 12.1 Å². The lowest BCUT2D eigenvalue weighted by atomic mass is 9.97. The van der Waals surface area contributed by atoms with Gasteiger partial charge in [0.2, 0.25) is 11.8 Å². The highest BCUT2D eigenvalue weighted by Crippen LogP contribution is 2.19. The molecule has 0 saturated heterocycles. The molecule has 54 heavy (non-hydrogen) atoms. The molecular weight excluding hydrogens is 686 g/mol. The molecule has 3 atom stereocenters. The quantitative estimate of drug-likeness (QED) is 0.114. The summed E-state index contributed by atoms with van der Waals surface area (Å²) >= 11 is 0. The number of hydrogen-bond donors (Lipinski definition) is 3. The zero-order valence-electron chi connectivity index (χ0n) is 30.2. The van der Waals surface area contributed by atoms with Crippen LogP contribution in [0.5, 0.6) is 5.75 Å². The Hall–Kier alpha value is -5.94. The first-order chi connectivity index (χ1) is 26.4. The number of aliphatic hydroxyl groups excluding tert-OH is 1. The summed E-state index contributed by atoms with van der Waals surface area (Å²) in [7, 11) is 0. The molecule has 1 aliphatic rings. The maximum Gasteiger partial charge on any atom is 0.408 e. The summed E-state index contributed by atoms with van der Waals surface area (Å²) in [6, 6.07) is 34.2. The number of nitrogens with zero attached hydrogens (tertiary/aromatic N) is 1. The molecule has 0 fully saturated rings. The predicted octanol–water partition coefficient (Wildman–Crippen LogP) is 5.51. The van der Waals surface area contributed by atoms with Gasteiger partial charge in [-0.2, -0.15) is 0 Å². The van der Waals surface area contributed by atoms with Crippen LogP contribution in [0.3, 0.4) is 0 Å². The van der Waals surface area contributed by atoms with Crippen LogP contribution in [0, 0.1) is 5.92 Å². The van der Waals surface area contributed by atoms with Gasteiger partial charge in [0.15, 0.2) is 0 Å². The minimum Gasteiger partial charge on any atom is -0.489 e. The fourth-order valence-electron chi connectivity index (χ4n) is 5.95. The van der Waals surface area contributed by atoms with Crippen LogP contribution in [0.1, 0.15) is 41.5 Å². The average Bonchev–Trinajstić information content (AvgIpc) is 3.20. The number of amides is 3. The van der Waals surface area contributed by atoms with E-state index in [1.807, 2.05) is 115 Å². The van der Waals surface area contributed by atoms with Crippen molar-refractivity contribution in [2.45, 2.75) is 57.5 Å². The molecule has 0 spiro atoms. The average molecular weight is 734 g/mol. The summed E-state index contributed by atoms with van der Waals surface area (Å²) < 4.78 is 17.0. The van der Waals surface area contributed by atoms with E-state index < -0.39 is 30.1 Å². The SMILES string of the molecule is O=C(NC1CC=CCC(CC(=O)N(CCO)Cc2ccccc2)C(=O)NC(Cc2ccc(OCc3ccccc3)cc2)COC1=O)OCc1ccccc1. The number of cyclic esters (lactones) is 1. The normalized spacial score (nSPS) is 17.5. The number of nitrogens with one attached hydrogen (secondary N) is 2. The van der Waals surface area contributed by atoms with Crippen molar-refractivity contribution >= 4 is 23.9 Å². The maximum absolute atomic E-state index is 13.9. The van der Waals surface area contributed by atoms with Gasteiger partial charge < -0.3 is 34.9 Å². The van der Waals surface area contributed by atoms with Crippen molar-refractivity contribution in [2.75, 3.05) is 19.8 Å².